The first kappa shape index (κ1) is 17.0. The number of nitrogens with zero attached hydrogens (tertiary/aromatic N) is 3. The maximum Gasteiger partial charge on any atom is 0.274 e. The molecule has 0 aliphatic rings. The van der Waals surface area contributed by atoms with Crippen molar-refractivity contribution in [3.05, 3.63) is 51.9 Å². The van der Waals surface area contributed by atoms with Gasteiger partial charge in [-0.2, -0.15) is 9.50 Å². The summed E-state index contributed by atoms with van der Waals surface area (Å²) < 4.78 is 6.98. The number of hydrogen-bond donors (Lipinski definition) is 2. The summed E-state index contributed by atoms with van der Waals surface area (Å²) in [5.74, 6) is 1.75. The molecule has 1 aromatic carbocycles. The van der Waals surface area contributed by atoms with Crippen LogP contribution in [0.5, 0.6) is 5.75 Å². The lowest BCUT2D eigenvalue weighted by atomic mass is 10.2. The van der Waals surface area contributed by atoms with Gasteiger partial charge >= 0.3 is 0 Å². The Morgan fingerprint density at radius 3 is 2.68 bits per heavy atom. The Bertz CT molecular complexity index is 896. The number of aryl methyl sites for hydroxylation is 1. The maximum absolute atomic E-state index is 12.1. The van der Waals surface area contributed by atoms with Crippen LogP contribution in [0.2, 0.25) is 0 Å². The highest BCUT2D eigenvalue weighted by molar-refractivity contribution is 5.38. The lowest BCUT2D eigenvalue weighted by Crippen LogP contribution is -2.15. The van der Waals surface area contributed by atoms with E-state index in [1.54, 1.807) is 6.07 Å². The minimum atomic E-state index is -0.149. The maximum atomic E-state index is 12.1. The van der Waals surface area contributed by atoms with Gasteiger partial charge in [0.05, 0.1) is 11.8 Å². The number of rotatable bonds is 7. The van der Waals surface area contributed by atoms with Crippen molar-refractivity contribution >= 4 is 11.7 Å². The number of H-pyrrole nitrogens is 1. The number of aromatic amines is 1. The number of fused-ring (bicyclic) bond motifs is 1. The van der Waals surface area contributed by atoms with E-state index in [-0.39, 0.29) is 11.7 Å². The van der Waals surface area contributed by atoms with Crippen LogP contribution in [0.4, 0.5) is 5.95 Å². The molecule has 0 unspecified atom stereocenters. The zero-order chi connectivity index (χ0) is 17.8. The van der Waals surface area contributed by atoms with Crippen LogP contribution in [-0.4, -0.2) is 25.7 Å². The number of anilines is 1. The molecule has 0 aliphatic heterocycles. The van der Waals surface area contributed by atoms with Gasteiger partial charge in [-0.05, 0) is 38.0 Å². The van der Waals surface area contributed by atoms with E-state index in [1.807, 2.05) is 38.1 Å². The largest absolute Gasteiger partial charge is 0.491 e. The Kier molecular flexibility index (Phi) is 5.02. The van der Waals surface area contributed by atoms with Crippen LogP contribution in [0.1, 0.15) is 38.4 Å². The molecular formula is C18H23N5O2. The van der Waals surface area contributed by atoms with Crippen molar-refractivity contribution in [3.8, 4) is 5.75 Å². The third-order valence-corrected chi connectivity index (χ3v) is 3.64. The van der Waals surface area contributed by atoms with Crippen molar-refractivity contribution in [1.29, 1.82) is 0 Å². The topological polar surface area (TPSA) is 84.3 Å². The van der Waals surface area contributed by atoms with Gasteiger partial charge in [-0.25, -0.2) is 4.98 Å². The van der Waals surface area contributed by atoms with Gasteiger partial charge in [-0.3, -0.25) is 9.89 Å². The quantitative estimate of drug-likeness (QED) is 0.690. The van der Waals surface area contributed by atoms with E-state index in [1.165, 1.54) is 4.52 Å². The second-order valence-corrected chi connectivity index (χ2v) is 6.21. The first-order valence-corrected chi connectivity index (χ1v) is 8.53. The van der Waals surface area contributed by atoms with Crippen molar-refractivity contribution in [2.45, 2.75) is 46.3 Å². The highest BCUT2D eigenvalue weighted by Crippen LogP contribution is 2.14. The zero-order valence-electron chi connectivity index (χ0n) is 14.7. The highest BCUT2D eigenvalue weighted by atomic mass is 16.5. The number of ether oxygens (including phenoxy) is 1. The van der Waals surface area contributed by atoms with Crippen molar-refractivity contribution < 1.29 is 4.74 Å². The van der Waals surface area contributed by atoms with Crippen LogP contribution in [-0.2, 0) is 13.0 Å². The standard InChI is InChI=1S/C18H23N5O2/c1-4-5-14-10-16(24)23-18(20-14)21-17(22-23)19-11-13-6-8-15(9-7-13)25-12(2)3/h6-10,12H,4-5,11H2,1-3H3,(H2,19,20,21,22). The molecule has 0 saturated carbocycles. The summed E-state index contributed by atoms with van der Waals surface area (Å²) in [5.41, 5.74) is 1.71. The Balaban J connectivity index is 1.70. The summed E-state index contributed by atoms with van der Waals surface area (Å²) >= 11 is 0. The summed E-state index contributed by atoms with van der Waals surface area (Å²) in [6.45, 7) is 6.63. The molecule has 132 valence electrons. The summed E-state index contributed by atoms with van der Waals surface area (Å²) in [6, 6.07) is 9.43. The van der Waals surface area contributed by atoms with Crippen LogP contribution in [0, 0.1) is 0 Å². The molecule has 3 rings (SSSR count). The molecule has 0 radical (unpaired) electrons. The summed E-state index contributed by atoms with van der Waals surface area (Å²) in [6.07, 6.45) is 1.86. The smallest absolute Gasteiger partial charge is 0.274 e. The van der Waals surface area contributed by atoms with E-state index < -0.39 is 0 Å². The number of aromatic nitrogens is 4. The van der Waals surface area contributed by atoms with Crippen molar-refractivity contribution in [2.75, 3.05) is 5.32 Å². The van der Waals surface area contributed by atoms with Gasteiger partial charge in [0, 0.05) is 12.6 Å². The van der Waals surface area contributed by atoms with Gasteiger partial charge in [-0.15, -0.1) is 0 Å². The zero-order valence-corrected chi connectivity index (χ0v) is 14.7. The molecule has 0 bridgehead atoms. The van der Waals surface area contributed by atoms with Crippen molar-refractivity contribution in [3.63, 3.8) is 0 Å². The van der Waals surface area contributed by atoms with Crippen molar-refractivity contribution in [2.24, 2.45) is 0 Å². The van der Waals surface area contributed by atoms with Crippen LogP contribution in [0.15, 0.2) is 35.1 Å². The average molecular weight is 341 g/mol. The van der Waals surface area contributed by atoms with E-state index in [9.17, 15) is 4.79 Å². The van der Waals surface area contributed by atoms with Gasteiger partial charge in [0.2, 0.25) is 5.95 Å². The Labute approximate surface area is 146 Å². The summed E-state index contributed by atoms with van der Waals surface area (Å²) in [4.78, 5) is 20.9. The molecule has 0 saturated heterocycles. The fraction of sp³-hybridized carbons (Fsp3) is 0.389. The Hall–Kier alpha value is -2.83. The molecule has 0 amide bonds. The second kappa shape index (κ2) is 7.38. The van der Waals surface area contributed by atoms with Crippen molar-refractivity contribution in [1.82, 2.24) is 19.6 Å². The van der Waals surface area contributed by atoms with Gasteiger partial charge < -0.3 is 10.1 Å². The Morgan fingerprint density at radius 2 is 2.00 bits per heavy atom. The second-order valence-electron chi connectivity index (χ2n) is 6.21. The molecular weight excluding hydrogens is 318 g/mol. The number of hydrogen-bond acceptors (Lipinski definition) is 5. The molecule has 0 atom stereocenters. The fourth-order valence-electron chi connectivity index (χ4n) is 2.53. The SMILES string of the molecule is CCCc1cc(=O)n2[nH]c(NCc3ccc(OC(C)C)cc3)nc2n1. The Morgan fingerprint density at radius 1 is 1.24 bits per heavy atom. The van der Waals surface area contributed by atoms with Gasteiger partial charge in [0.1, 0.15) is 5.75 Å². The number of benzene rings is 1. The molecule has 0 spiro atoms. The van der Waals surface area contributed by atoms with E-state index in [0.717, 1.165) is 29.8 Å². The third kappa shape index (κ3) is 4.17. The van der Waals surface area contributed by atoms with E-state index in [2.05, 4.69) is 27.3 Å². The summed E-state index contributed by atoms with van der Waals surface area (Å²) in [7, 11) is 0. The molecule has 7 heteroatoms. The number of nitrogens with one attached hydrogen (secondary N) is 2. The predicted octanol–water partition coefficient (Wildman–Crippen LogP) is 2.77. The average Bonchev–Trinajstić information content (AvgIpc) is 2.98. The molecule has 0 aliphatic carbocycles. The van der Waals surface area contributed by atoms with Gasteiger partial charge in [-0.1, -0.05) is 25.5 Å². The monoisotopic (exact) mass is 341 g/mol. The van der Waals surface area contributed by atoms with Crippen LogP contribution in [0.25, 0.3) is 5.78 Å². The van der Waals surface area contributed by atoms with Crippen LogP contribution in [0.3, 0.4) is 0 Å². The lowest BCUT2D eigenvalue weighted by Gasteiger charge is -2.10. The lowest BCUT2D eigenvalue weighted by molar-refractivity contribution is 0.242. The fourth-order valence-corrected chi connectivity index (χ4v) is 2.53. The van der Waals surface area contributed by atoms with Crippen LogP contribution < -0.4 is 15.6 Å². The predicted molar refractivity (Wildman–Crippen MR) is 97.1 cm³/mol. The first-order valence-electron chi connectivity index (χ1n) is 8.53. The van der Waals surface area contributed by atoms with E-state index in [0.29, 0.717) is 18.3 Å². The third-order valence-electron chi connectivity index (χ3n) is 3.64. The molecule has 25 heavy (non-hydrogen) atoms. The molecule has 7 nitrogen and oxygen atoms in total. The normalized spacial score (nSPS) is 11.2. The molecule has 2 heterocycles. The van der Waals surface area contributed by atoms with Gasteiger partial charge in [0.25, 0.3) is 11.3 Å². The summed E-state index contributed by atoms with van der Waals surface area (Å²) in [5, 5.41) is 6.12. The van der Waals surface area contributed by atoms with E-state index >= 15 is 0 Å². The minimum Gasteiger partial charge on any atom is -0.491 e. The van der Waals surface area contributed by atoms with E-state index in [4.69, 9.17) is 4.74 Å². The molecule has 2 N–H and O–H groups in total. The van der Waals surface area contributed by atoms with Gasteiger partial charge in [0.15, 0.2) is 0 Å². The molecule has 2 aromatic heterocycles. The molecule has 3 aromatic rings. The highest BCUT2D eigenvalue weighted by Gasteiger charge is 2.07. The first-order chi connectivity index (χ1) is 12.0. The molecule has 0 fully saturated rings. The minimum absolute atomic E-state index is 0.149. The van der Waals surface area contributed by atoms with Crippen LogP contribution >= 0.6 is 0 Å².